The highest BCUT2D eigenvalue weighted by molar-refractivity contribution is 7.92. The molecule has 0 aliphatic rings. The van der Waals surface area contributed by atoms with Gasteiger partial charge < -0.3 is 10.2 Å². The Hall–Kier alpha value is -3.59. The molecule has 4 aromatic carbocycles. The van der Waals surface area contributed by atoms with Crippen molar-refractivity contribution in [2.24, 2.45) is 0 Å². The fourth-order valence-electron chi connectivity index (χ4n) is 4.78. The van der Waals surface area contributed by atoms with Crippen LogP contribution in [0.5, 0.6) is 0 Å². The summed E-state index contributed by atoms with van der Waals surface area (Å²) in [6.45, 7) is 1.89. The van der Waals surface area contributed by atoms with Crippen LogP contribution in [0, 0.1) is 0 Å². The van der Waals surface area contributed by atoms with Gasteiger partial charge in [-0.2, -0.15) is 0 Å². The summed E-state index contributed by atoms with van der Waals surface area (Å²) in [5, 5.41) is 5.12. The van der Waals surface area contributed by atoms with E-state index in [9.17, 15) is 18.0 Å². The average molecular weight is 627 g/mol. The van der Waals surface area contributed by atoms with Crippen molar-refractivity contribution in [1.82, 2.24) is 10.2 Å². The number of carbonyl (C=O) groups is 2. The summed E-state index contributed by atoms with van der Waals surface area (Å²) in [6.07, 6.45) is 2.02. The van der Waals surface area contributed by atoms with Gasteiger partial charge in [0.2, 0.25) is 21.8 Å². The van der Waals surface area contributed by atoms with Gasteiger partial charge in [0.15, 0.2) is 0 Å². The lowest BCUT2D eigenvalue weighted by atomic mass is 10.0. The largest absolute Gasteiger partial charge is 0.354 e. The maximum Gasteiger partial charge on any atom is 0.244 e. The van der Waals surface area contributed by atoms with Crippen molar-refractivity contribution < 1.29 is 18.0 Å². The molecule has 1 atom stereocenters. The van der Waals surface area contributed by atoms with Crippen LogP contribution in [0.25, 0.3) is 10.8 Å². The predicted molar refractivity (Wildman–Crippen MR) is 170 cm³/mol. The number of nitrogens with one attached hydrogen (secondary N) is 1. The Labute approximate surface area is 257 Å². The molecular weight excluding hydrogens is 593 g/mol. The lowest BCUT2D eigenvalue weighted by Gasteiger charge is -2.33. The first-order valence-corrected chi connectivity index (χ1v) is 16.2. The molecule has 0 bridgehead atoms. The van der Waals surface area contributed by atoms with Gasteiger partial charge >= 0.3 is 0 Å². The average Bonchev–Trinajstić information content (AvgIpc) is 2.97. The normalized spacial score (nSPS) is 12.1. The lowest BCUT2D eigenvalue weighted by Crippen LogP contribution is -2.53. The zero-order valence-corrected chi connectivity index (χ0v) is 25.8. The Morgan fingerprint density at radius 3 is 2.24 bits per heavy atom. The number of hydrogen-bond acceptors (Lipinski definition) is 4. The molecule has 0 fully saturated rings. The monoisotopic (exact) mass is 625 g/mol. The summed E-state index contributed by atoms with van der Waals surface area (Å²) in [6, 6.07) is 26.2. The SMILES string of the molecule is CCCNC(=O)[C@H](Cc1ccccc1)N(Cc1ccc(Cl)c(Cl)c1)C(=O)CN(c1cccc2ccccc12)S(C)(=O)=O. The molecule has 10 heteroatoms. The van der Waals surface area contributed by atoms with E-state index in [1.807, 2.05) is 67.6 Å². The maximum atomic E-state index is 14.3. The molecule has 42 heavy (non-hydrogen) atoms. The second kappa shape index (κ2) is 14.1. The van der Waals surface area contributed by atoms with Gasteiger partial charge in [-0.05, 0) is 41.1 Å². The van der Waals surface area contributed by atoms with Crippen molar-refractivity contribution in [3.05, 3.63) is 112 Å². The number of halogens is 2. The quantitative estimate of drug-likeness (QED) is 0.207. The Morgan fingerprint density at radius 2 is 1.55 bits per heavy atom. The van der Waals surface area contributed by atoms with Gasteiger partial charge in [-0.15, -0.1) is 0 Å². The molecule has 0 spiro atoms. The van der Waals surface area contributed by atoms with Crippen LogP contribution < -0.4 is 9.62 Å². The van der Waals surface area contributed by atoms with Crippen LogP contribution in [-0.2, 0) is 32.6 Å². The molecule has 0 aliphatic carbocycles. The number of anilines is 1. The van der Waals surface area contributed by atoms with Crippen LogP contribution in [-0.4, -0.2) is 50.5 Å². The first-order chi connectivity index (χ1) is 20.1. The van der Waals surface area contributed by atoms with E-state index in [1.165, 1.54) is 4.90 Å². The van der Waals surface area contributed by atoms with Gasteiger partial charge in [-0.25, -0.2) is 8.42 Å². The van der Waals surface area contributed by atoms with Crippen LogP contribution in [0.3, 0.4) is 0 Å². The predicted octanol–water partition coefficient (Wildman–Crippen LogP) is 6.08. The van der Waals surface area contributed by atoms with Gasteiger partial charge in [0, 0.05) is 24.9 Å². The van der Waals surface area contributed by atoms with Gasteiger partial charge in [0.1, 0.15) is 12.6 Å². The third kappa shape index (κ3) is 7.82. The Kier molecular flexibility index (Phi) is 10.5. The van der Waals surface area contributed by atoms with Crippen molar-refractivity contribution in [2.75, 3.05) is 23.7 Å². The zero-order valence-electron chi connectivity index (χ0n) is 23.5. The molecule has 0 aliphatic heterocycles. The third-order valence-corrected chi connectivity index (χ3v) is 8.74. The molecule has 0 aromatic heterocycles. The van der Waals surface area contributed by atoms with Gasteiger partial charge in [0.05, 0.1) is 22.0 Å². The van der Waals surface area contributed by atoms with Crippen molar-refractivity contribution in [2.45, 2.75) is 32.4 Å². The molecule has 0 saturated heterocycles. The van der Waals surface area contributed by atoms with Gasteiger partial charge in [0.25, 0.3) is 0 Å². The third-order valence-electron chi connectivity index (χ3n) is 6.87. The zero-order chi connectivity index (χ0) is 30.3. The Morgan fingerprint density at radius 1 is 0.857 bits per heavy atom. The molecule has 0 saturated carbocycles. The minimum atomic E-state index is -3.90. The summed E-state index contributed by atoms with van der Waals surface area (Å²) in [5.74, 6) is -0.864. The van der Waals surface area contributed by atoms with Crippen molar-refractivity contribution in [3.8, 4) is 0 Å². The molecule has 2 amide bonds. The Bertz CT molecular complexity index is 1660. The first kappa shape index (κ1) is 31.3. The van der Waals surface area contributed by atoms with E-state index in [1.54, 1.807) is 30.3 Å². The summed E-state index contributed by atoms with van der Waals surface area (Å²) in [7, 11) is -3.90. The Balaban J connectivity index is 1.78. The highest BCUT2D eigenvalue weighted by Gasteiger charge is 2.33. The summed E-state index contributed by atoms with van der Waals surface area (Å²) < 4.78 is 27.4. The highest BCUT2D eigenvalue weighted by Crippen LogP contribution is 2.29. The van der Waals surface area contributed by atoms with E-state index in [0.717, 1.165) is 21.5 Å². The molecule has 0 unspecified atom stereocenters. The number of amides is 2. The van der Waals surface area contributed by atoms with Gasteiger partial charge in [-0.3, -0.25) is 13.9 Å². The smallest absolute Gasteiger partial charge is 0.244 e. The first-order valence-electron chi connectivity index (χ1n) is 13.6. The number of nitrogens with zero attached hydrogens (tertiary/aromatic N) is 2. The molecule has 0 heterocycles. The number of sulfonamides is 1. The van der Waals surface area contributed by atoms with E-state index in [0.29, 0.717) is 39.6 Å². The summed E-state index contributed by atoms with van der Waals surface area (Å²) in [4.78, 5) is 29.3. The highest BCUT2D eigenvalue weighted by atomic mass is 35.5. The van der Waals surface area contributed by atoms with Crippen LogP contribution in [0.4, 0.5) is 5.69 Å². The summed E-state index contributed by atoms with van der Waals surface area (Å²) in [5.41, 5.74) is 1.89. The fraction of sp³-hybridized carbons (Fsp3) is 0.250. The molecule has 4 aromatic rings. The second-order valence-corrected chi connectivity index (χ2v) is 12.8. The van der Waals surface area contributed by atoms with Crippen molar-refractivity contribution in [3.63, 3.8) is 0 Å². The number of benzene rings is 4. The van der Waals surface area contributed by atoms with Crippen LogP contribution in [0.1, 0.15) is 24.5 Å². The van der Waals surface area contributed by atoms with E-state index in [-0.39, 0.29) is 18.9 Å². The minimum Gasteiger partial charge on any atom is -0.354 e. The number of fused-ring (bicyclic) bond motifs is 1. The fourth-order valence-corrected chi connectivity index (χ4v) is 5.96. The van der Waals surface area contributed by atoms with Crippen molar-refractivity contribution >= 4 is 61.5 Å². The second-order valence-electron chi connectivity index (χ2n) is 10.0. The number of carbonyl (C=O) groups excluding carboxylic acids is 2. The molecule has 1 N–H and O–H groups in total. The van der Waals surface area contributed by atoms with Crippen LogP contribution >= 0.6 is 23.2 Å². The molecular formula is C32H33Cl2N3O4S. The minimum absolute atomic E-state index is 0.0138. The molecule has 4 rings (SSSR count). The standard InChI is InChI=1S/C32H33Cl2N3O4S/c1-3-18-35-32(39)30(20-23-10-5-4-6-11-23)36(21-24-16-17-27(33)28(34)19-24)31(38)22-37(42(2,40)41)29-15-9-13-25-12-7-8-14-26(25)29/h4-17,19,30H,3,18,20-22H2,1-2H3,(H,35,39)/t30-/m0/s1. The van der Waals surface area contributed by atoms with E-state index < -0.39 is 28.5 Å². The van der Waals surface area contributed by atoms with Gasteiger partial charge in [-0.1, -0.05) is 103 Å². The molecule has 0 radical (unpaired) electrons. The maximum absolute atomic E-state index is 14.3. The van der Waals surface area contributed by atoms with Crippen molar-refractivity contribution in [1.29, 1.82) is 0 Å². The summed E-state index contributed by atoms with van der Waals surface area (Å²) >= 11 is 12.4. The number of rotatable bonds is 12. The van der Waals surface area contributed by atoms with Crippen LogP contribution in [0.15, 0.2) is 91.0 Å². The molecule has 7 nitrogen and oxygen atoms in total. The van der Waals surface area contributed by atoms with Crippen LogP contribution in [0.2, 0.25) is 10.0 Å². The van der Waals surface area contributed by atoms with E-state index in [4.69, 9.17) is 23.2 Å². The van der Waals surface area contributed by atoms with E-state index in [2.05, 4.69) is 5.32 Å². The lowest BCUT2D eigenvalue weighted by molar-refractivity contribution is -0.140. The number of hydrogen-bond donors (Lipinski definition) is 1. The topological polar surface area (TPSA) is 86.8 Å². The molecule has 220 valence electrons. The van der Waals surface area contributed by atoms with E-state index >= 15 is 0 Å².